The SMILES string of the molecule is c1ccc(N2CCCCC2(c2ccccn2)C2CCNCC2)nc1. The standard InChI is InChI=1S/C20H26N4/c1-4-12-22-18(7-1)20(17-9-14-21-15-10-17)11-3-6-16-24(20)19-8-2-5-13-23-19/h1-2,4-5,7-8,12-13,17,21H,3,6,9-11,14-16H2. The van der Waals surface area contributed by atoms with E-state index in [0.717, 1.165) is 25.5 Å². The summed E-state index contributed by atoms with van der Waals surface area (Å²) < 4.78 is 0. The summed E-state index contributed by atoms with van der Waals surface area (Å²) in [6.07, 6.45) is 9.95. The van der Waals surface area contributed by atoms with Gasteiger partial charge in [-0.05, 0) is 75.4 Å². The first-order valence-electron chi connectivity index (χ1n) is 9.22. The zero-order valence-electron chi connectivity index (χ0n) is 14.2. The molecule has 2 fully saturated rings. The minimum Gasteiger partial charge on any atom is -0.345 e. The van der Waals surface area contributed by atoms with Crippen LogP contribution in [0.25, 0.3) is 0 Å². The molecule has 2 aromatic rings. The normalized spacial score (nSPS) is 25.6. The van der Waals surface area contributed by atoms with Gasteiger partial charge in [-0.15, -0.1) is 0 Å². The fourth-order valence-corrected chi connectivity index (χ4v) is 4.65. The van der Waals surface area contributed by atoms with Crippen molar-refractivity contribution in [1.82, 2.24) is 15.3 Å². The molecule has 4 rings (SSSR count). The fraction of sp³-hybridized carbons (Fsp3) is 0.500. The Morgan fingerprint density at radius 2 is 1.75 bits per heavy atom. The third-order valence-corrected chi connectivity index (χ3v) is 5.72. The van der Waals surface area contributed by atoms with Crippen LogP contribution in [0.3, 0.4) is 0 Å². The quantitative estimate of drug-likeness (QED) is 0.941. The van der Waals surface area contributed by atoms with E-state index in [1.807, 2.05) is 24.5 Å². The number of nitrogens with zero attached hydrogens (tertiary/aromatic N) is 3. The van der Waals surface area contributed by atoms with Gasteiger partial charge in [0.1, 0.15) is 5.82 Å². The maximum Gasteiger partial charge on any atom is 0.129 e. The van der Waals surface area contributed by atoms with Gasteiger partial charge in [-0.3, -0.25) is 4.98 Å². The van der Waals surface area contributed by atoms with Crippen LogP contribution in [0.4, 0.5) is 5.82 Å². The molecule has 2 saturated heterocycles. The van der Waals surface area contributed by atoms with Crippen molar-refractivity contribution in [2.24, 2.45) is 5.92 Å². The molecule has 0 spiro atoms. The first-order valence-corrected chi connectivity index (χ1v) is 9.22. The van der Waals surface area contributed by atoms with E-state index in [4.69, 9.17) is 9.97 Å². The molecule has 4 heteroatoms. The second-order valence-electron chi connectivity index (χ2n) is 6.96. The highest BCUT2D eigenvalue weighted by Gasteiger charge is 2.48. The first kappa shape index (κ1) is 15.6. The Balaban J connectivity index is 1.83. The Morgan fingerprint density at radius 3 is 2.46 bits per heavy atom. The first-order chi connectivity index (χ1) is 11.9. The molecule has 0 amide bonds. The van der Waals surface area contributed by atoms with Crippen LogP contribution in [0.15, 0.2) is 48.8 Å². The maximum atomic E-state index is 4.84. The molecule has 1 N–H and O–H groups in total. The summed E-state index contributed by atoms with van der Waals surface area (Å²) in [5.41, 5.74) is 1.21. The van der Waals surface area contributed by atoms with Gasteiger partial charge >= 0.3 is 0 Å². The molecule has 2 aliphatic rings. The van der Waals surface area contributed by atoms with Crippen molar-refractivity contribution >= 4 is 5.82 Å². The van der Waals surface area contributed by atoms with Crippen LogP contribution in [0.5, 0.6) is 0 Å². The molecule has 0 aliphatic carbocycles. The number of pyridine rings is 2. The number of anilines is 1. The number of rotatable bonds is 3. The van der Waals surface area contributed by atoms with Crippen LogP contribution >= 0.6 is 0 Å². The lowest BCUT2D eigenvalue weighted by Gasteiger charge is -2.53. The molecule has 0 radical (unpaired) electrons. The highest BCUT2D eigenvalue weighted by Crippen LogP contribution is 2.47. The molecule has 126 valence electrons. The fourth-order valence-electron chi connectivity index (χ4n) is 4.65. The van der Waals surface area contributed by atoms with E-state index in [9.17, 15) is 0 Å². The van der Waals surface area contributed by atoms with Crippen LogP contribution in [0.1, 0.15) is 37.8 Å². The van der Waals surface area contributed by atoms with Gasteiger partial charge < -0.3 is 10.2 Å². The second kappa shape index (κ2) is 6.89. The molecular formula is C20H26N4. The molecule has 1 atom stereocenters. The van der Waals surface area contributed by atoms with Gasteiger partial charge in [0.05, 0.1) is 11.2 Å². The van der Waals surface area contributed by atoms with Crippen molar-refractivity contribution in [2.45, 2.75) is 37.6 Å². The zero-order valence-corrected chi connectivity index (χ0v) is 14.2. The Morgan fingerprint density at radius 1 is 0.958 bits per heavy atom. The van der Waals surface area contributed by atoms with Crippen molar-refractivity contribution < 1.29 is 0 Å². The Hall–Kier alpha value is -1.94. The summed E-state index contributed by atoms with van der Waals surface area (Å²) in [6.45, 7) is 3.28. The van der Waals surface area contributed by atoms with E-state index in [-0.39, 0.29) is 5.54 Å². The van der Waals surface area contributed by atoms with Crippen molar-refractivity contribution in [3.63, 3.8) is 0 Å². The van der Waals surface area contributed by atoms with Gasteiger partial charge in [-0.25, -0.2) is 4.98 Å². The third-order valence-electron chi connectivity index (χ3n) is 5.72. The molecule has 0 saturated carbocycles. The van der Waals surface area contributed by atoms with Crippen molar-refractivity contribution in [3.8, 4) is 0 Å². The summed E-state index contributed by atoms with van der Waals surface area (Å²) in [7, 11) is 0. The minimum absolute atomic E-state index is 0.0179. The summed E-state index contributed by atoms with van der Waals surface area (Å²) in [6, 6.07) is 12.6. The molecule has 2 aromatic heterocycles. The predicted molar refractivity (Wildman–Crippen MR) is 96.9 cm³/mol. The lowest BCUT2D eigenvalue weighted by atomic mass is 9.69. The Bertz CT molecular complexity index is 639. The smallest absolute Gasteiger partial charge is 0.129 e. The van der Waals surface area contributed by atoms with Crippen molar-refractivity contribution in [3.05, 3.63) is 54.5 Å². The van der Waals surface area contributed by atoms with Gasteiger partial charge in [0.15, 0.2) is 0 Å². The molecule has 4 nitrogen and oxygen atoms in total. The zero-order chi connectivity index (χ0) is 16.2. The highest BCUT2D eigenvalue weighted by atomic mass is 15.3. The average molecular weight is 322 g/mol. The number of nitrogens with one attached hydrogen (secondary N) is 1. The van der Waals surface area contributed by atoms with E-state index < -0.39 is 0 Å². The molecule has 4 heterocycles. The number of hydrogen-bond acceptors (Lipinski definition) is 4. The number of aromatic nitrogens is 2. The van der Waals surface area contributed by atoms with Crippen LogP contribution in [0, 0.1) is 5.92 Å². The molecule has 1 unspecified atom stereocenters. The van der Waals surface area contributed by atoms with Crippen LogP contribution < -0.4 is 10.2 Å². The summed E-state index contributed by atoms with van der Waals surface area (Å²) in [5.74, 6) is 1.72. The van der Waals surface area contributed by atoms with E-state index in [2.05, 4.69) is 34.5 Å². The van der Waals surface area contributed by atoms with Crippen molar-refractivity contribution in [1.29, 1.82) is 0 Å². The summed E-state index contributed by atoms with van der Waals surface area (Å²) in [5, 5.41) is 3.52. The topological polar surface area (TPSA) is 41.1 Å². The Labute approximate surface area is 144 Å². The predicted octanol–water partition coefficient (Wildman–Crippen LogP) is 3.36. The highest BCUT2D eigenvalue weighted by molar-refractivity contribution is 5.46. The van der Waals surface area contributed by atoms with Gasteiger partial charge in [0.2, 0.25) is 0 Å². The minimum atomic E-state index is -0.0179. The maximum absolute atomic E-state index is 4.84. The lowest BCUT2D eigenvalue weighted by Crippen LogP contribution is -2.57. The number of piperidine rings is 2. The summed E-state index contributed by atoms with van der Waals surface area (Å²) in [4.78, 5) is 12.1. The van der Waals surface area contributed by atoms with Gasteiger partial charge in [-0.1, -0.05) is 12.1 Å². The van der Waals surface area contributed by atoms with Crippen molar-refractivity contribution in [2.75, 3.05) is 24.5 Å². The van der Waals surface area contributed by atoms with E-state index in [1.165, 1.54) is 37.8 Å². The van der Waals surface area contributed by atoms with Gasteiger partial charge in [0, 0.05) is 18.9 Å². The van der Waals surface area contributed by atoms with Gasteiger partial charge in [-0.2, -0.15) is 0 Å². The summed E-state index contributed by atoms with van der Waals surface area (Å²) >= 11 is 0. The Kier molecular flexibility index (Phi) is 4.48. The van der Waals surface area contributed by atoms with Crippen LogP contribution in [0.2, 0.25) is 0 Å². The molecular weight excluding hydrogens is 296 g/mol. The second-order valence-corrected chi connectivity index (χ2v) is 6.96. The van der Waals surface area contributed by atoms with Crippen LogP contribution in [-0.2, 0) is 5.54 Å². The van der Waals surface area contributed by atoms with Crippen LogP contribution in [-0.4, -0.2) is 29.6 Å². The average Bonchev–Trinajstić information content (AvgIpc) is 2.70. The molecule has 24 heavy (non-hydrogen) atoms. The van der Waals surface area contributed by atoms with E-state index in [1.54, 1.807) is 0 Å². The molecule has 2 aliphatic heterocycles. The molecule has 0 aromatic carbocycles. The number of hydrogen-bond donors (Lipinski definition) is 1. The van der Waals surface area contributed by atoms with Gasteiger partial charge in [0.25, 0.3) is 0 Å². The monoisotopic (exact) mass is 322 g/mol. The van der Waals surface area contributed by atoms with E-state index in [0.29, 0.717) is 5.92 Å². The largest absolute Gasteiger partial charge is 0.345 e. The lowest BCUT2D eigenvalue weighted by molar-refractivity contribution is 0.160. The molecule has 0 bridgehead atoms. The third kappa shape index (κ3) is 2.69. The van der Waals surface area contributed by atoms with E-state index >= 15 is 0 Å².